The van der Waals surface area contributed by atoms with Crippen molar-refractivity contribution in [3.8, 4) is 0 Å². The van der Waals surface area contributed by atoms with Gasteiger partial charge in [-0.1, -0.05) is 95.2 Å². The van der Waals surface area contributed by atoms with E-state index >= 15 is 0 Å². The summed E-state index contributed by atoms with van der Waals surface area (Å²) in [6, 6.07) is 22.4. The Bertz CT molecular complexity index is 509. The molecule has 2 aromatic rings. The molecule has 0 aliphatic heterocycles. The van der Waals surface area contributed by atoms with Crippen LogP contribution in [0.3, 0.4) is 0 Å². The van der Waals surface area contributed by atoms with Crippen molar-refractivity contribution in [3.63, 3.8) is 0 Å². The molecular weight excluding hydrogens is 302 g/mol. The fourth-order valence-corrected chi connectivity index (χ4v) is 3.57. The van der Waals surface area contributed by atoms with Crippen LogP contribution in [0.25, 0.3) is 0 Å². The molecule has 1 nitrogen and oxygen atoms in total. The molecule has 25 heavy (non-hydrogen) atoms. The third-order valence-electron chi connectivity index (χ3n) is 4.97. The molecular formula is C24H35N. The van der Waals surface area contributed by atoms with Gasteiger partial charge in [-0.15, -0.1) is 0 Å². The normalized spacial score (nSPS) is 12.1. The van der Waals surface area contributed by atoms with E-state index < -0.39 is 0 Å². The van der Waals surface area contributed by atoms with Crippen LogP contribution in [0.4, 0.5) is 11.4 Å². The highest BCUT2D eigenvalue weighted by Crippen LogP contribution is 2.31. The van der Waals surface area contributed by atoms with Crippen LogP contribution in [0.1, 0.15) is 71.6 Å². The summed E-state index contributed by atoms with van der Waals surface area (Å²) in [6.07, 6.45) is 11.9. The second-order valence-electron chi connectivity index (χ2n) is 7.04. The third-order valence-corrected chi connectivity index (χ3v) is 4.97. The molecule has 1 heteroatoms. The topological polar surface area (TPSA) is 3.24 Å². The molecule has 0 aromatic heterocycles. The molecule has 0 bridgehead atoms. The first-order chi connectivity index (χ1) is 12.4. The van der Waals surface area contributed by atoms with Crippen LogP contribution in [-0.4, -0.2) is 6.04 Å². The van der Waals surface area contributed by atoms with Gasteiger partial charge < -0.3 is 4.90 Å². The molecule has 0 amide bonds. The quantitative estimate of drug-likeness (QED) is 0.358. The van der Waals surface area contributed by atoms with Gasteiger partial charge in [0.2, 0.25) is 0 Å². The van der Waals surface area contributed by atoms with Crippen molar-refractivity contribution in [1.29, 1.82) is 0 Å². The van der Waals surface area contributed by atoms with Crippen LogP contribution in [-0.2, 0) is 0 Å². The Kier molecular flexibility index (Phi) is 9.18. The van der Waals surface area contributed by atoms with Gasteiger partial charge in [-0.05, 0) is 37.1 Å². The van der Waals surface area contributed by atoms with E-state index in [1.807, 2.05) is 0 Å². The highest BCUT2D eigenvalue weighted by molar-refractivity contribution is 5.63. The molecule has 1 unspecified atom stereocenters. The minimum absolute atomic E-state index is 0.589. The first kappa shape index (κ1) is 19.6. The molecule has 0 N–H and O–H groups in total. The second-order valence-corrected chi connectivity index (χ2v) is 7.04. The number of hydrogen-bond acceptors (Lipinski definition) is 1. The number of para-hydroxylation sites is 2. The van der Waals surface area contributed by atoms with Gasteiger partial charge in [0.1, 0.15) is 0 Å². The minimum Gasteiger partial charge on any atom is -0.338 e. The molecule has 0 heterocycles. The summed E-state index contributed by atoms with van der Waals surface area (Å²) in [4.78, 5) is 2.58. The van der Waals surface area contributed by atoms with E-state index in [0.717, 1.165) is 0 Å². The van der Waals surface area contributed by atoms with E-state index in [1.165, 1.54) is 69.2 Å². The smallest absolute Gasteiger partial charge is 0.0413 e. The molecule has 1 atom stereocenters. The fourth-order valence-electron chi connectivity index (χ4n) is 3.57. The maximum absolute atomic E-state index is 2.58. The lowest BCUT2D eigenvalue weighted by molar-refractivity contribution is 0.494. The van der Waals surface area contributed by atoms with E-state index in [4.69, 9.17) is 0 Å². The van der Waals surface area contributed by atoms with Crippen molar-refractivity contribution in [2.45, 2.75) is 77.7 Å². The van der Waals surface area contributed by atoms with E-state index in [1.54, 1.807) is 0 Å². The zero-order chi connectivity index (χ0) is 17.7. The van der Waals surface area contributed by atoms with Gasteiger partial charge >= 0.3 is 0 Å². The van der Waals surface area contributed by atoms with Gasteiger partial charge in [0.15, 0.2) is 0 Å². The molecule has 136 valence electrons. The molecule has 2 aromatic carbocycles. The molecule has 0 aliphatic rings. The van der Waals surface area contributed by atoms with Gasteiger partial charge in [-0.3, -0.25) is 0 Å². The Labute approximate surface area is 155 Å². The minimum atomic E-state index is 0.589. The lowest BCUT2D eigenvalue weighted by Crippen LogP contribution is -2.31. The third kappa shape index (κ3) is 6.57. The number of hydrogen-bond donors (Lipinski definition) is 0. The van der Waals surface area contributed by atoms with Crippen molar-refractivity contribution in [3.05, 3.63) is 60.7 Å². The monoisotopic (exact) mass is 337 g/mol. The summed E-state index contributed by atoms with van der Waals surface area (Å²) >= 11 is 0. The highest BCUT2D eigenvalue weighted by atomic mass is 15.2. The summed E-state index contributed by atoms with van der Waals surface area (Å²) in [5.41, 5.74) is 2.65. The van der Waals surface area contributed by atoms with Crippen LogP contribution in [0.5, 0.6) is 0 Å². The highest BCUT2D eigenvalue weighted by Gasteiger charge is 2.20. The molecule has 0 radical (unpaired) electrons. The Hall–Kier alpha value is -1.76. The Balaban J connectivity index is 2.16. The SMILES string of the molecule is CCCCCCCC(CCCC)N(c1ccccc1)c1ccccc1. The number of benzene rings is 2. The van der Waals surface area contributed by atoms with Crippen molar-refractivity contribution in [1.82, 2.24) is 0 Å². The Morgan fingerprint density at radius 3 is 1.60 bits per heavy atom. The van der Waals surface area contributed by atoms with Gasteiger partial charge in [0, 0.05) is 17.4 Å². The fraction of sp³-hybridized carbons (Fsp3) is 0.500. The maximum atomic E-state index is 2.58. The molecule has 0 fully saturated rings. The van der Waals surface area contributed by atoms with E-state index in [0.29, 0.717) is 6.04 Å². The predicted octanol–water partition coefficient (Wildman–Crippen LogP) is 7.74. The van der Waals surface area contributed by atoms with Gasteiger partial charge in [0.25, 0.3) is 0 Å². The first-order valence-electron chi connectivity index (χ1n) is 10.3. The number of rotatable bonds is 12. The summed E-state index contributed by atoms with van der Waals surface area (Å²) in [6.45, 7) is 4.59. The van der Waals surface area contributed by atoms with Gasteiger partial charge in [0.05, 0.1) is 0 Å². The summed E-state index contributed by atoms with van der Waals surface area (Å²) in [5.74, 6) is 0. The molecule has 0 spiro atoms. The maximum Gasteiger partial charge on any atom is 0.0413 e. The largest absolute Gasteiger partial charge is 0.338 e. The van der Waals surface area contributed by atoms with Crippen LogP contribution < -0.4 is 4.90 Å². The standard InChI is InChI=1S/C24H35N/c1-3-5-7-8-11-17-22(16-6-4-2)25(23-18-12-9-13-19-23)24-20-14-10-15-21-24/h9-10,12-15,18-22H,3-8,11,16-17H2,1-2H3. The van der Waals surface area contributed by atoms with Crippen LogP contribution >= 0.6 is 0 Å². The summed E-state index contributed by atoms with van der Waals surface area (Å²) < 4.78 is 0. The van der Waals surface area contributed by atoms with Gasteiger partial charge in [-0.2, -0.15) is 0 Å². The lowest BCUT2D eigenvalue weighted by atomic mass is 9.99. The summed E-state index contributed by atoms with van der Waals surface area (Å²) in [7, 11) is 0. The van der Waals surface area contributed by atoms with Crippen molar-refractivity contribution < 1.29 is 0 Å². The van der Waals surface area contributed by atoms with E-state index in [9.17, 15) is 0 Å². The van der Waals surface area contributed by atoms with Crippen LogP contribution in [0.15, 0.2) is 60.7 Å². The van der Waals surface area contributed by atoms with Crippen LogP contribution in [0, 0.1) is 0 Å². The molecule has 0 aliphatic carbocycles. The average Bonchev–Trinajstić information content (AvgIpc) is 2.67. The number of anilines is 2. The van der Waals surface area contributed by atoms with Crippen molar-refractivity contribution >= 4 is 11.4 Å². The zero-order valence-corrected chi connectivity index (χ0v) is 16.2. The lowest BCUT2D eigenvalue weighted by Gasteiger charge is -2.34. The summed E-state index contributed by atoms with van der Waals surface area (Å²) in [5, 5.41) is 0. The average molecular weight is 338 g/mol. The Morgan fingerprint density at radius 2 is 1.08 bits per heavy atom. The first-order valence-corrected chi connectivity index (χ1v) is 10.3. The molecule has 0 saturated carbocycles. The molecule has 2 rings (SSSR count). The van der Waals surface area contributed by atoms with Gasteiger partial charge in [-0.25, -0.2) is 0 Å². The molecule has 0 saturated heterocycles. The van der Waals surface area contributed by atoms with E-state index in [-0.39, 0.29) is 0 Å². The van der Waals surface area contributed by atoms with E-state index in [2.05, 4.69) is 79.4 Å². The zero-order valence-electron chi connectivity index (χ0n) is 16.2. The number of nitrogens with zero attached hydrogens (tertiary/aromatic N) is 1. The number of unbranched alkanes of at least 4 members (excludes halogenated alkanes) is 5. The Morgan fingerprint density at radius 1 is 0.600 bits per heavy atom. The van der Waals surface area contributed by atoms with Crippen molar-refractivity contribution in [2.75, 3.05) is 4.90 Å². The second kappa shape index (κ2) is 11.7. The van der Waals surface area contributed by atoms with Crippen molar-refractivity contribution in [2.24, 2.45) is 0 Å². The van der Waals surface area contributed by atoms with Crippen LogP contribution in [0.2, 0.25) is 0 Å². The predicted molar refractivity (Wildman–Crippen MR) is 112 cm³/mol.